The maximum Gasteiger partial charge on any atom is 0.171 e. The van der Waals surface area contributed by atoms with Crippen LogP contribution in [-0.2, 0) is 0 Å². The zero-order chi connectivity index (χ0) is 8.55. The van der Waals surface area contributed by atoms with Crippen LogP contribution in [0.25, 0.3) is 9.75 Å². The van der Waals surface area contributed by atoms with E-state index in [0.29, 0.717) is 5.06 Å². The fraction of sp³-hybridized carbons (Fsp3) is 0.111. The van der Waals surface area contributed by atoms with Crippen molar-refractivity contribution in [2.24, 2.45) is 0 Å². The Morgan fingerprint density at radius 2 is 1.67 bits per heavy atom. The molecule has 0 amide bonds. The van der Waals surface area contributed by atoms with Gasteiger partial charge in [0.2, 0.25) is 0 Å². The standard InChI is InChI=1S/C9H8OS2/c1-6-2-3-7(11-6)8-4-5-9(10)12-8/h2-5,10H,1H3. The highest BCUT2D eigenvalue weighted by molar-refractivity contribution is 7.22. The average molecular weight is 196 g/mol. The van der Waals surface area contributed by atoms with Crippen molar-refractivity contribution in [3.63, 3.8) is 0 Å². The molecule has 62 valence electrons. The van der Waals surface area contributed by atoms with Crippen molar-refractivity contribution in [1.82, 2.24) is 0 Å². The lowest BCUT2D eigenvalue weighted by atomic mass is 10.4. The maximum atomic E-state index is 9.14. The molecule has 2 aromatic rings. The molecular weight excluding hydrogens is 188 g/mol. The topological polar surface area (TPSA) is 20.2 Å². The Hall–Kier alpha value is -0.800. The minimum Gasteiger partial charge on any atom is -0.499 e. The molecule has 0 spiro atoms. The molecule has 0 unspecified atom stereocenters. The fourth-order valence-corrected chi connectivity index (χ4v) is 2.73. The second-order valence-electron chi connectivity index (χ2n) is 2.55. The number of aryl methyl sites for hydroxylation is 1. The molecule has 0 fully saturated rings. The predicted molar refractivity (Wildman–Crippen MR) is 54.0 cm³/mol. The van der Waals surface area contributed by atoms with Gasteiger partial charge in [0, 0.05) is 14.6 Å². The highest BCUT2D eigenvalue weighted by Crippen LogP contribution is 2.35. The molecule has 0 aliphatic heterocycles. The van der Waals surface area contributed by atoms with E-state index in [1.807, 2.05) is 6.07 Å². The largest absolute Gasteiger partial charge is 0.499 e. The van der Waals surface area contributed by atoms with Gasteiger partial charge >= 0.3 is 0 Å². The third-order valence-corrected chi connectivity index (χ3v) is 3.66. The molecule has 1 N–H and O–H groups in total. The molecule has 2 heterocycles. The molecule has 0 saturated carbocycles. The van der Waals surface area contributed by atoms with Crippen molar-refractivity contribution in [3.8, 4) is 14.8 Å². The smallest absolute Gasteiger partial charge is 0.171 e. The summed E-state index contributed by atoms with van der Waals surface area (Å²) < 4.78 is 0. The van der Waals surface area contributed by atoms with Gasteiger partial charge in [0.1, 0.15) is 0 Å². The molecule has 0 saturated heterocycles. The summed E-state index contributed by atoms with van der Waals surface area (Å²) in [5.74, 6) is 0. The summed E-state index contributed by atoms with van der Waals surface area (Å²) in [5.41, 5.74) is 0. The summed E-state index contributed by atoms with van der Waals surface area (Å²) in [6.45, 7) is 2.08. The van der Waals surface area contributed by atoms with E-state index >= 15 is 0 Å². The quantitative estimate of drug-likeness (QED) is 0.740. The minimum absolute atomic E-state index is 0.385. The lowest BCUT2D eigenvalue weighted by Gasteiger charge is -1.86. The fourth-order valence-electron chi connectivity index (χ4n) is 1.03. The van der Waals surface area contributed by atoms with Crippen LogP contribution in [0.5, 0.6) is 5.06 Å². The molecule has 3 heteroatoms. The van der Waals surface area contributed by atoms with Gasteiger partial charge in [-0.2, -0.15) is 0 Å². The van der Waals surface area contributed by atoms with Gasteiger partial charge in [-0.1, -0.05) is 11.3 Å². The molecule has 0 aliphatic carbocycles. The minimum atomic E-state index is 0.385. The first kappa shape index (κ1) is 7.83. The van der Waals surface area contributed by atoms with Crippen molar-refractivity contribution in [3.05, 3.63) is 29.1 Å². The third kappa shape index (κ3) is 1.38. The Labute approximate surface area is 78.9 Å². The Morgan fingerprint density at radius 3 is 2.17 bits per heavy atom. The lowest BCUT2D eigenvalue weighted by Crippen LogP contribution is -1.55. The van der Waals surface area contributed by atoms with Crippen LogP contribution in [0.3, 0.4) is 0 Å². The van der Waals surface area contributed by atoms with Gasteiger partial charge in [0.25, 0.3) is 0 Å². The number of hydrogen-bond donors (Lipinski definition) is 1. The molecule has 0 atom stereocenters. The lowest BCUT2D eigenvalue weighted by molar-refractivity contribution is 0.491. The van der Waals surface area contributed by atoms with Crippen LogP contribution in [0, 0.1) is 6.92 Å². The second-order valence-corrected chi connectivity index (χ2v) is 4.90. The third-order valence-electron chi connectivity index (χ3n) is 1.58. The molecule has 12 heavy (non-hydrogen) atoms. The summed E-state index contributed by atoms with van der Waals surface area (Å²) in [5, 5.41) is 9.53. The van der Waals surface area contributed by atoms with E-state index in [0.717, 1.165) is 4.88 Å². The molecule has 2 aromatic heterocycles. The number of rotatable bonds is 1. The highest BCUT2D eigenvalue weighted by atomic mass is 32.1. The first-order valence-electron chi connectivity index (χ1n) is 3.61. The van der Waals surface area contributed by atoms with Crippen molar-refractivity contribution in [1.29, 1.82) is 0 Å². The Bertz CT molecular complexity index is 348. The van der Waals surface area contributed by atoms with Crippen LogP contribution in [0.15, 0.2) is 24.3 Å². The number of thiophene rings is 2. The summed E-state index contributed by atoms with van der Waals surface area (Å²) in [6.07, 6.45) is 0. The Kier molecular flexibility index (Phi) is 1.90. The van der Waals surface area contributed by atoms with Gasteiger partial charge in [-0.25, -0.2) is 0 Å². The first-order chi connectivity index (χ1) is 5.75. The van der Waals surface area contributed by atoms with Gasteiger partial charge in [-0.3, -0.25) is 0 Å². The molecular formula is C9H8OS2. The first-order valence-corrected chi connectivity index (χ1v) is 5.24. The molecule has 0 bridgehead atoms. The summed E-state index contributed by atoms with van der Waals surface area (Å²) >= 11 is 3.17. The molecule has 1 nitrogen and oxygen atoms in total. The van der Waals surface area contributed by atoms with Crippen LogP contribution >= 0.6 is 22.7 Å². The van der Waals surface area contributed by atoms with E-state index in [2.05, 4.69) is 19.1 Å². The van der Waals surface area contributed by atoms with E-state index in [1.54, 1.807) is 17.4 Å². The van der Waals surface area contributed by atoms with Crippen LogP contribution in [0.4, 0.5) is 0 Å². The summed E-state index contributed by atoms with van der Waals surface area (Å²) in [4.78, 5) is 3.68. The normalized spacial score (nSPS) is 10.4. The Morgan fingerprint density at radius 1 is 1.00 bits per heavy atom. The van der Waals surface area contributed by atoms with E-state index in [1.165, 1.54) is 21.1 Å². The van der Waals surface area contributed by atoms with E-state index in [-0.39, 0.29) is 0 Å². The second kappa shape index (κ2) is 2.92. The van der Waals surface area contributed by atoms with E-state index in [4.69, 9.17) is 5.11 Å². The van der Waals surface area contributed by atoms with Crippen molar-refractivity contribution in [2.45, 2.75) is 6.92 Å². The van der Waals surface area contributed by atoms with Crippen LogP contribution in [-0.4, -0.2) is 5.11 Å². The molecule has 0 aliphatic rings. The highest BCUT2D eigenvalue weighted by Gasteiger charge is 2.03. The van der Waals surface area contributed by atoms with Crippen molar-refractivity contribution < 1.29 is 5.11 Å². The zero-order valence-corrected chi connectivity index (χ0v) is 8.21. The molecule has 0 radical (unpaired) electrons. The number of hydrogen-bond acceptors (Lipinski definition) is 3. The maximum absolute atomic E-state index is 9.14. The van der Waals surface area contributed by atoms with Crippen molar-refractivity contribution in [2.75, 3.05) is 0 Å². The van der Waals surface area contributed by atoms with E-state index in [9.17, 15) is 0 Å². The van der Waals surface area contributed by atoms with Crippen molar-refractivity contribution >= 4 is 22.7 Å². The monoisotopic (exact) mass is 196 g/mol. The van der Waals surface area contributed by atoms with Gasteiger partial charge in [-0.15, -0.1) is 11.3 Å². The number of aromatic hydroxyl groups is 1. The van der Waals surface area contributed by atoms with Crippen LogP contribution in [0.1, 0.15) is 4.88 Å². The molecule has 0 aromatic carbocycles. The van der Waals surface area contributed by atoms with Crippen LogP contribution < -0.4 is 0 Å². The summed E-state index contributed by atoms with van der Waals surface area (Å²) in [6, 6.07) is 7.86. The Balaban J connectivity index is 2.43. The van der Waals surface area contributed by atoms with Gasteiger partial charge in [0.05, 0.1) is 0 Å². The van der Waals surface area contributed by atoms with Gasteiger partial charge in [0.15, 0.2) is 5.06 Å². The van der Waals surface area contributed by atoms with Crippen LogP contribution in [0.2, 0.25) is 0 Å². The average Bonchev–Trinajstić information content (AvgIpc) is 2.58. The SMILES string of the molecule is Cc1ccc(-c2ccc(O)s2)s1. The van der Waals surface area contributed by atoms with E-state index < -0.39 is 0 Å². The van der Waals surface area contributed by atoms with Gasteiger partial charge < -0.3 is 5.11 Å². The molecule has 2 rings (SSSR count). The van der Waals surface area contributed by atoms with Gasteiger partial charge in [-0.05, 0) is 31.2 Å². The predicted octanol–water partition coefficient (Wildman–Crippen LogP) is 3.49. The summed E-state index contributed by atoms with van der Waals surface area (Å²) in [7, 11) is 0. The zero-order valence-electron chi connectivity index (χ0n) is 6.57.